The van der Waals surface area contributed by atoms with E-state index < -0.39 is 0 Å². The zero-order chi connectivity index (χ0) is 9.30. The number of hydrogen-bond acceptors (Lipinski definition) is 2. The van der Waals surface area contributed by atoms with Gasteiger partial charge in [0, 0.05) is 31.0 Å². The van der Waals surface area contributed by atoms with Crippen LogP contribution in [0.3, 0.4) is 0 Å². The molecule has 0 saturated carbocycles. The SMILES string of the molecule is CC(N)C1CC(=O)N(C(C)C)C1. The van der Waals surface area contributed by atoms with Crippen LogP contribution in [0.25, 0.3) is 0 Å². The Morgan fingerprint density at radius 1 is 1.50 bits per heavy atom. The molecule has 70 valence electrons. The van der Waals surface area contributed by atoms with Crippen molar-refractivity contribution in [2.45, 2.75) is 39.3 Å². The molecule has 12 heavy (non-hydrogen) atoms. The maximum atomic E-state index is 11.4. The molecule has 0 spiro atoms. The van der Waals surface area contributed by atoms with Crippen LogP contribution in [0, 0.1) is 5.92 Å². The topological polar surface area (TPSA) is 46.3 Å². The Balaban J connectivity index is 2.56. The number of rotatable bonds is 2. The van der Waals surface area contributed by atoms with Crippen LogP contribution in [0.5, 0.6) is 0 Å². The number of likely N-dealkylation sites (tertiary alicyclic amines) is 1. The first-order valence-electron chi connectivity index (χ1n) is 4.57. The molecule has 0 aromatic heterocycles. The van der Waals surface area contributed by atoms with Crippen LogP contribution in [-0.4, -0.2) is 29.4 Å². The second-order valence-electron chi connectivity index (χ2n) is 3.96. The Kier molecular flexibility index (Phi) is 2.73. The molecule has 2 unspecified atom stereocenters. The van der Waals surface area contributed by atoms with E-state index >= 15 is 0 Å². The molecule has 0 bridgehead atoms. The van der Waals surface area contributed by atoms with Crippen LogP contribution in [0.4, 0.5) is 0 Å². The highest BCUT2D eigenvalue weighted by molar-refractivity contribution is 5.79. The minimum Gasteiger partial charge on any atom is -0.340 e. The van der Waals surface area contributed by atoms with Gasteiger partial charge in [0.1, 0.15) is 0 Å². The van der Waals surface area contributed by atoms with E-state index in [1.165, 1.54) is 0 Å². The standard InChI is InChI=1S/C9H18N2O/c1-6(2)11-5-8(7(3)10)4-9(11)12/h6-8H,4-5,10H2,1-3H3. The lowest BCUT2D eigenvalue weighted by Crippen LogP contribution is -2.34. The molecule has 3 nitrogen and oxygen atoms in total. The third kappa shape index (κ3) is 1.78. The number of amides is 1. The first-order valence-corrected chi connectivity index (χ1v) is 4.57. The van der Waals surface area contributed by atoms with Gasteiger partial charge in [-0.25, -0.2) is 0 Å². The van der Waals surface area contributed by atoms with Gasteiger partial charge in [-0.1, -0.05) is 0 Å². The van der Waals surface area contributed by atoms with Crippen molar-refractivity contribution in [1.29, 1.82) is 0 Å². The molecule has 0 aromatic rings. The fourth-order valence-electron chi connectivity index (χ4n) is 1.61. The van der Waals surface area contributed by atoms with E-state index in [0.29, 0.717) is 18.4 Å². The number of nitrogens with zero attached hydrogens (tertiary/aromatic N) is 1. The lowest BCUT2D eigenvalue weighted by molar-refractivity contribution is -0.129. The van der Waals surface area contributed by atoms with E-state index in [4.69, 9.17) is 5.73 Å². The van der Waals surface area contributed by atoms with Gasteiger partial charge in [0.25, 0.3) is 0 Å². The smallest absolute Gasteiger partial charge is 0.223 e. The Morgan fingerprint density at radius 2 is 2.08 bits per heavy atom. The highest BCUT2D eigenvalue weighted by Gasteiger charge is 2.32. The van der Waals surface area contributed by atoms with Gasteiger partial charge in [0.15, 0.2) is 0 Å². The average Bonchev–Trinajstić information content (AvgIpc) is 2.30. The van der Waals surface area contributed by atoms with Gasteiger partial charge in [-0.2, -0.15) is 0 Å². The summed E-state index contributed by atoms with van der Waals surface area (Å²) in [5.41, 5.74) is 5.74. The van der Waals surface area contributed by atoms with Gasteiger partial charge in [-0.05, 0) is 20.8 Å². The van der Waals surface area contributed by atoms with Crippen molar-refractivity contribution in [2.75, 3.05) is 6.54 Å². The van der Waals surface area contributed by atoms with E-state index in [-0.39, 0.29) is 11.9 Å². The third-order valence-corrected chi connectivity index (χ3v) is 2.56. The Hall–Kier alpha value is -0.570. The number of hydrogen-bond donors (Lipinski definition) is 1. The van der Waals surface area contributed by atoms with E-state index in [0.717, 1.165) is 6.54 Å². The summed E-state index contributed by atoms with van der Waals surface area (Å²) in [6.07, 6.45) is 0.635. The minimum atomic E-state index is 0.137. The summed E-state index contributed by atoms with van der Waals surface area (Å²) in [7, 11) is 0. The molecule has 1 saturated heterocycles. The second kappa shape index (κ2) is 3.44. The fraction of sp³-hybridized carbons (Fsp3) is 0.889. The van der Waals surface area contributed by atoms with Gasteiger partial charge in [0.2, 0.25) is 5.91 Å². The Bertz CT molecular complexity index is 177. The van der Waals surface area contributed by atoms with Gasteiger partial charge in [0.05, 0.1) is 0 Å². The van der Waals surface area contributed by atoms with E-state index in [1.54, 1.807) is 0 Å². The monoisotopic (exact) mass is 170 g/mol. The molecule has 2 N–H and O–H groups in total. The van der Waals surface area contributed by atoms with Gasteiger partial charge in [-0.3, -0.25) is 4.79 Å². The van der Waals surface area contributed by atoms with Crippen LogP contribution in [0.1, 0.15) is 27.2 Å². The van der Waals surface area contributed by atoms with E-state index in [2.05, 4.69) is 0 Å². The molecule has 3 heteroatoms. The van der Waals surface area contributed by atoms with Crippen LogP contribution in [-0.2, 0) is 4.79 Å². The minimum absolute atomic E-state index is 0.137. The van der Waals surface area contributed by atoms with Crippen LogP contribution in [0.15, 0.2) is 0 Å². The summed E-state index contributed by atoms with van der Waals surface area (Å²) >= 11 is 0. The quantitative estimate of drug-likeness (QED) is 0.659. The number of carbonyl (C=O) groups is 1. The first-order chi connectivity index (χ1) is 5.52. The van der Waals surface area contributed by atoms with Crippen LogP contribution >= 0.6 is 0 Å². The maximum Gasteiger partial charge on any atom is 0.223 e. The predicted molar refractivity (Wildman–Crippen MR) is 48.6 cm³/mol. The van der Waals surface area contributed by atoms with Crippen LogP contribution in [0.2, 0.25) is 0 Å². The van der Waals surface area contributed by atoms with Crippen molar-refractivity contribution in [2.24, 2.45) is 11.7 Å². The normalized spacial score (nSPS) is 26.9. The predicted octanol–water partition coefficient (Wildman–Crippen LogP) is 0.590. The third-order valence-electron chi connectivity index (χ3n) is 2.56. The largest absolute Gasteiger partial charge is 0.340 e. The zero-order valence-corrected chi connectivity index (χ0v) is 8.08. The molecule has 1 amide bonds. The molecule has 1 heterocycles. The fourth-order valence-corrected chi connectivity index (χ4v) is 1.61. The van der Waals surface area contributed by atoms with Crippen molar-refractivity contribution in [3.63, 3.8) is 0 Å². The highest BCUT2D eigenvalue weighted by atomic mass is 16.2. The summed E-state index contributed by atoms with van der Waals surface area (Å²) in [5.74, 6) is 0.618. The summed E-state index contributed by atoms with van der Waals surface area (Å²) in [6, 6.07) is 0.457. The Labute approximate surface area is 73.9 Å². The van der Waals surface area contributed by atoms with Gasteiger partial charge < -0.3 is 10.6 Å². The lowest BCUT2D eigenvalue weighted by atomic mass is 10.0. The lowest BCUT2D eigenvalue weighted by Gasteiger charge is -2.21. The van der Waals surface area contributed by atoms with Crippen molar-refractivity contribution in [1.82, 2.24) is 4.90 Å². The molecule has 1 aliphatic heterocycles. The maximum absolute atomic E-state index is 11.4. The molecule has 0 aromatic carbocycles. The van der Waals surface area contributed by atoms with Crippen molar-refractivity contribution < 1.29 is 4.79 Å². The Morgan fingerprint density at radius 3 is 2.33 bits per heavy atom. The molecule has 2 atom stereocenters. The van der Waals surface area contributed by atoms with Crippen LogP contribution < -0.4 is 5.73 Å². The molecular weight excluding hydrogens is 152 g/mol. The summed E-state index contributed by atoms with van der Waals surface area (Å²) in [5, 5.41) is 0. The first kappa shape index (κ1) is 9.52. The number of carbonyl (C=O) groups excluding carboxylic acids is 1. The molecular formula is C9H18N2O. The molecule has 0 radical (unpaired) electrons. The second-order valence-corrected chi connectivity index (χ2v) is 3.96. The van der Waals surface area contributed by atoms with Crippen molar-refractivity contribution in [3.8, 4) is 0 Å². The van der Waals surface area contributed by atoms with E-state index in [9.17, 15) is 4.79 Å². The molecule has 0 aliphatic carbocycles. The van der Waals surface area contributed by atoms with E-state index in [1.807, 2.05) is 25.7 Å². The van der Waals surface area contributed by atoms with Gasteiger partial charge in [-0.15, -0.1) is 0 Å². The van der Waals surface area contributed by atoms with Gasteiger partial charge >= 0.3 is 0 Å². The van der Waals surface area contributed by atoms with Crippen molar-refractivity contribution >= 4 is 5.91 Å². The molecule has 1 aliphatic rings. The average molecular weight is 170 g/mol. The highest BCUT2D eigenvalue weighted by Crippen LogP contribution is 2.21. The zero-order valence-electron chi connectivity index (χ0n) is 8.08. The number of nitrogens with two attached hydrogens (primary N) is 1. The summed E-state index contributed by atoms with van der Waals surface area (Å²) in [4.78, 5) is 13.3. The molecule has 1 rings (SSSR count). The summed E-state index contributed by atoms with van der Waals surface area (Å²) < 4.78 is 0. The summed E-state index contributed by atoms with van der Waals surface area (Å²) in [6.45, 7) is 6.90. The van der Waals surface area contributed by atoms with Crippen molar-refractivity contribution in [3.05, 3.63) is 0 Å². The molecule has 1 fully saturated rings.